The number of amides is 3. The van der Waals surface area contributed by atoms with Gasteiger partial charge in [0.25, 0.3) is 11.8 Å². The number of nitrogen functional groups attached to an aromatic ring is 1. The zero-order valence-electron chi connectivity index (χ0n) is 75.2. The molecule has 0 bridgehead atoms. The van der Waals surface area contributed by atoms with Crippen molar-refractivity contribution >= 4 is 110 Å². The Morgan fingerprint density at radius 1 is 0.434 bits per heavy atom. The van der Waals surface area contributed by atoms with Crippen LogP contribution in [0.25, 0.3) is 16.3 Å². The summed E-state index contributed by atoms with van der Waals surface area (Å²) in [5, 5.41) is 33.4. The second-order valence-electron chi connectivity index (χ2n) is 34.6. The molecule has 129 heavy (non-hydrogen) atoms. The molecule has 10 N–H and O–H groups in total. The normalized spacial score (nSPS) is 17.8. The van der Waals surface area contributed by atoms with Crippen LogP contribution in [0.15, 0.2) is 169 Å². The summed E-state index contributed by atoms with van der Waals surface area (Å²) in [6.07, 6.45) is 32.8. The number of carboxylic acid groups (broad SMARTS) is 2. The summed E-state index contributed by atoms with van der Waals surface area (Å²) in [4.78, 5) is 133. The molecule has 2 radical (unpaired) electrons. The molecular formula is C106H122Ac2N8O13-2. The number of carboxylic acids is 2. The topological polar surface area (TPSA) is 366 Å². The van der Waals surface area contributed by atoms with E-state index in [0.29, 0.717) is 94.3 Å². The summed E-state index contributed by atoms with van der Waals surface area (Å²) in [5.41, 5.74) is 38.3. The molecule has 23 heteroatoms. The third kappa shape index (κ3) is 30.7. The molecule has 2 fully saturated rings. The fraction of sp³-hybridized carbons (Fsp3) is 0.406. The number of anilines is 4. The van der Waals surface area contributed by atoms with Crippen LogP contribution in [0.1, 0.15) is 323 Å². The third-order valence-electron chi connectivity index (χ3n) is 25.7. The maximum atomic E-state index is 12.4. The van der Waals surface area contributed by atoms with Crippen molar-refractivity contribution in [3.63, 3.8) is 0 Å². The van der Waals surface area contributed by atoms with E-state index < -0.39 is 11.9 Å². The average Bonchev–Trinajstić information content (AvgIpc) is 0.805. The number of aryl methyl sites for hydroxylation is 6. The molecule has 16 rings (SSSR count). The first kappa shape index (κ1) is 105. The molecule has 0 aliphatic heterocycles. The summed E-state index contributed by atoms with van der Waals surface area (Å²) >= 11 is 0. The summed E-state index contributed by atoms with van der Waals surface area (Å²) in [6, 6.07) is 46.0. The van der Waals surface area contributed by atoms with Crippen molar-refractivity contribution in [3.8, 4) is 0 Å². The van der Waals surface area contributed by atoms with Gasteiger partial charge < -0.3 is 48.8 Å². The molecule has 8 aromatic carbocycles. The van der Waals surface area contributed by atoms with E-state index in [4.69, 9.17) is 39.4 Å². The Bertz CT molecular complexity index is 5410. The van der Waals surface area contributed by atoms with Crippen molar-refractivity contribution < 1.29 is 151 Å². The number of hydrogen-bond acceptors (Lipinski definition) is 13. The molecule has 0 spiro atoms. The van der Waals surface area contributed by atoms with E-state index in [9.17, 15) is 52.7 Å². The number of Topliss-reactive ketones (excluding diaryl/α,β-unsaturated/α-hetero) is 6. The van der Waals surface area contributed by atoms with Gasteiger partial charge in [-0.1, -0.05) is 165 Å². The summed E-state index contributed by atoms with van der Waals surface area (Å²) in [6.45, 7) is 16.9. The Balaban J connectivity index is 0.000000189. The summed E-state index contributed by atoms with van der Waals surface area (Å²) in [7, 11) is 0. The molecule has 0 heterocycles. The quantitative estimate of drug-likeness (QED) is 0.0182. The van der Waals surface area contributed by atoms with Gasteiger partial charge in [-0.05, 0) is 265 Å². The SMILES string of the molecule is CCC1CCc2cc(N)ccc2C1=O.CCC1CCc2cc(NC(=O)CCC3CCCCC3)ccc2C1=O.CCC1CCc2cc(NC(=O)c3ccc(C(C)=N)cc3)ccc2C1=O.O=C(O)CCCC1CCCCC1.[Ac].[Ac].[C-]#[N+]c1ccc(C(=O)Nc2ccc3c(c2)CCC(CC)C3=O)cc1.[NH-]c1ccc2c(c1)CC/C(=C\C(=O)O)C2=O.[NH-]c1ccc2c(c1)CCCC2=O. The van der Waals surface area contributed by atoms with E-state index in [1.54, 1.807) is 104 Å². The predicted molar refractivity (Wildman–Crippen MR) is 502 cm³/mol. The Kier molecular flexibility index (Phi) is 42.5. The number of rotatable bonds is 18. The molecule has 8 aliphatic carbocycles. The van der Waals surface area contributed by atoms with Gasteiger partial charge in [0.2, 0.25) is 5.91 Å². The molecule has 8 aliphatic rings. The van der Waals surface area contributed by atoms with E-state index in [1.807, 2.05) is 74.5 Å². The fourth-order valence-corrected chi connectivity index (χ4v) is 18.2. The largest absolute Gasteiger partial charge is 0.699 e. The number of nitrogens with one attached hydrogen (secondary N) is 6. The van der Waals surface area contributed by atoms with Gasteiger partial charge in [-0.25, -0.2) is 9.64 Å². The number of benzene rings is 8. The Morgan fingerprint density at radius 2 is 0.822 bits per heavy atom. The minimum atomic E-state index is -1.09. The number of fused-ring (bicyclic) bond motifs is 6. The zero-order valence-corrected chi connectivity index (χ0v) is 84.7. The van der Waals surface area contributed by atoms with Gasteiger partial charge >= 0.3 is 11.9 Å². The number of aliphatic carboxylic acids is 2. The van der Waals surface area contributed by atoms with Crippen LogP contribution < -0.4 is 21.7 Å². The molecule has 8 aromatic rings. The first-order chi connectivity index (χ1) is 61.1. The first-order valence-electron chi connectivity index (χ1n) is 45.6. The van der Waals surface area contributed by atoms with Crippen molar-refractivity contribution in [3.05, 3.63) is 276 Å². The van der Waals surface area contributed by atoms with Gasteiger partial charge in [-0.3, -0.25) is 47.9 Å². The van der Waals surface area contributed by atoms with Crippen molar-refractivity contribution in [2.75, 3.05) is 21.7 Å². The number of nitrogens with two attached hydrogens (primary N) is 1. The number of allylic oxidation sites excluding steroid dienone is 1. The molecular weight excluding hydrogens is 2050 g/mol. The van der Waals surface area contributed by atoms with Crippen molar-refractivity contribution in [2.24, 2.45) is 35.5 Å². The minimum absolute atomic E-state index is 0. The van der Waals surface area contributed by atoms with E-state index in [2.05, 4.69) is 34.6 Å². The smallest absolute Gasteiger partial charge is 0.328 e. The monoisotopic (exact) mass is 2170 g/mol. The number of hydrogen-bond donors (Lipinski definition) is 7. The number of carbonyl (C=O) groups excluding carboxylic acids is 9. The van der Waals surface area contributed by atoms with Gasteiger partial charge in [0.05, 0.1) is 6.57 Å². The second kappa shape index (κ2) is 52.4. The van der Waals surface area contributed by atoms with Crippen LogP contribution in [0.4, 0.5) is 39.8 Å². The van der Waals surface area contributed by atoms with Crippen molar-refractivity contribution in [1.82, 2.24) is 0 Å². The maximum Gasteiger partial charge on any atom is 0.328 e. The number of ketones is 6. The summed E-state index contributed by atoms with van der Waals surface area (Å²) in [5.74, 6) is 1.18. The Morgan fingerprint density at radius 3 is 1.25 bits per heavy atom. The van der Waals surface area contributed by atoms with E-state index in [0.717, 1.165) is 205 Å². The summed E-state index contributed by atoms with van der Waals surface area (Å²) < 4.78 is 0. The molecule has 3 amide bonds. The van der Waals surface area contributed by atoms with E-state index >= 15 is 0 Å². The average molecular weight is 2170 g/mol. The third-order valence-corrected chi connectivity index (χ3v) is 25.7. The standard InChI is InChI=1S/C21H22N2O2.C21H29NO2.C20H18N2O2.C12H11NO3.C12H15NO.C10H11NO.C10H18O2.2Ac/c1-3-14-4-9-17-12-18(10-11-19(17)20(14)24)23-21(25)16-7-5-15(6-8-16)13(2)22;1-2-16-9-10-17-14-18(11-12-19(17)21(16)24)22-20(23)13-8-15-6-4-3-5-7-15;1-3-13-4-5-15-12-17(10-11-18(15)19(13)23)22-20(24)14-6-8-16(21-2)9-7-14;13-9-3-4-10-7(5-9)1-2-8(12(10)16)6-11(14)15;1-2-8-3-4-9-7-10(13)5-6-11(9)12(8)14;11-8-4-5-9-7(6-8)2-1-3-10(9)12;11-10(12)8-4-7-9-5-2-1-3-6-9;;/h5-8,10-12,14,22H,3-4,9H2,1-2H3,(H,23,25);11-12,14-16H,2-10,13H2,1H3,(H,22,23);6-13H,3-5H2,1H3,(H,22,24);3-6H,1-2H2,(H3,13,14,15,16);5-8H,2-4,13H2,1H3;4-6H,1-3H2,(H2,11,12);9H,1-8H2,(H,11,12);;/p-2/b;;;8-6+;;;;;. The Labute approximate surface area is 831 Å². The van der Waals surface area contributed by atoms with Crippen molar-refractivity contribution in [1.29, 1.82) is 5.41 Å². The van der Waals surface area contributed by atoms with Crippen LogP contribution in [0.2, 0.25) is 0 Å². The minimum Gasteiger partial charge on any atom is -0.699 e. The first-order valence-corrected chi connectivity index (χ1v) is 45.6. The predicted octanol–water partition coefficient (Wildman–Crippen LogP) is 24.9. The van der Waals surface area contributed by atoms with Crippen LogP contribution in [-0.2, 0) is 52.9 Å². The second-order valence-corrected chi connectivity index (χ2v) is 34.6. The van der Waals surface area contributed by atoms with Crippen LogP contribution in [0.5, 0.6) is 0 Å². The van der Waals surface area contributed by atoms with E-state index in [-0.39, 0.29) is 158 Å². The molecule has 21 nitrogen and oxygen atoms in total. The molecule has 4 atom stereocenters. The Hall–Kier alpha value is -9.69. The van der Waals surface area contributed by atoms with Gasteiger partial charge in [0.15, 0.2) is 40.4 Å². The number of nitrogens with zero attached hydrogens (tertiary/aromatic N) is 1. The molecule has 672 valence electrons. The molecule has 0 saturated heterocycles. The molecule has 4 unspecified atom stereocenters. The van der Waals surface area contributed by atoms with Crippen LogP contribution in [0, 0.1) is 136 Å². The van der Waals surface area contributed by atoms with Crippen molar-refractivity contribution in [2.45, 2.75) is 240 Å². The fourth-order valence-electron chi connectivity index (χ4n) is 18.2. The van der Waals surface area contributed by atoms with Crippen LogP contribution in [-0.4, -0.2) is 80.3 Å². The van der Waals surface area contributed by atoms with Gasteiger partial charge in [-0.2, -0.15) is 0 Å². The van der Waals surface area contributed by atoms with Gasteiger partial charge in [0.1, 0.15) is 0 Å². The molecule has 2 saturated carbocycles. The van der Waals surface area contributed by atoms with E-state index in [1.165, 1.54) is 64.2 Å². The number of carbonyl (C=O) groups is 11. The van der Waals surface area contributed by atoms with Gasteiger partial charge in [0, 0.05) is 216 Å². The molecule has 0 aromatic heterocycles. The van der Waals surface area contributed by atoms with Crippen LogP contribution in [0.3, 0.4) is 0 Å². The van der Waals surface area contributed by atoms with Crippen LogP contribution >= 0.6 is 0 Å². The van der Waals surface area contributed by atoms with Gasteiger partial charge in [-0.15, -0.1) is 11.4 Å². The maximum absolute atomic E-state index is 12.4. The zero-order chi connectivity index (χ0) is 91.2.